The van der Waals surface area contributed by atoms with Gasteiger partial charge < -0.3 is 4.90 Å². The first-order chi connectivity index (χ1) is 6.81. The van der Waals surface area contributed by atoms with Crippen LogP contribution in [0.4, 0.5) is 0 Å². The van der Waals surface area contributed by atoms with Gasteiger partial charge in [0.2, 0.25) is 5.91 Å². The molecule has 0 aromatic carbocycles. The van der Waals surface area contributed by atoms with Crippen LogP contribution in [0.5, 0.6) is 0 Å². The van der Waals surface area contributed by atoms with Crippen LogP contribution in [-0.2, 0) is 4.79 Å². The lowest BCUT2D eigenvalue weighted by Crippen LogP contribution is -2.61. The van der Waals surface area contributed by atoms with Crippen molar-refractivity contribution in [1.29, 1.82) is 0 Å². The molecule has 0 unspecified atom stereocenters. The summed E-state index contributed by atoms with van der Waals surface area (Å²) in [7, 11) is 0. The lowest BCUT2D eigenvalue weighted by Gasteiger charge is -2.46. The topological polar surface area (TPSA) is 23.6 Å². The summed E-state index contributed by atoms with van der Waals surface area (Å²) in [6.07, 6.45) is 4.74. The molecule has 2 saturated heterocycles. The standard InChI is InChI=1S/C11H20N2O/c1-2-11(14)13-8-10(9-13)12-6-4-3-5-7-12/h10H,2-9H2,1H3. The number of carbonyl (C=O) groups excluding carboxylic acids is 1. The monoisotopic (exact) mass is 196 g/mol. The van der Waals surface area contributed by atoms with Crippen molar-refractivity contribution in [3.63, 3.8) is 0 Å². The number of likely N-dealkylation sites (tertiary alicyclic amines) is 2. The number of rotatable bonds is 2. The van der Waals surface area contributed by atoms with E-state index in [1.807, 2.05) is 11.8 Å². The van der Waals surface area contributed by atoms with Crippen LogP contribution < -0.4 is 0 Å². The number of piperidine rings is 1. The second-order valence-electron chi connectivity index (χ2n) is 4.40. The van der Waals surface area contributed by atoms with E-state index in [1.165, 1.54) is 32.4 Å². The first kappa shape index (κ1) is 9.97. The fraction of sp³-hybridized carbons (Fsp3) is 0.909. The largest absolute Gasteiger partial charge is 0.339 e. The van der Waals surface area contributed by atoms with Crippen molar-refractivity contribution in [2.45, 2.75) is 38.6 Å². The molecule has 80 valence electrons. The third-order valence-corrected chi connectivity index (χ3v) is 3.42. The predicted molar refractivity (Wildman–Crippen MR) is 56.1 cm³/mol. The van der Waals surface area contributed by atoms with E-state index in [4.69, 9.17) is 0 Å². The molecule has 1 amide bonds. The molecule has 0 atom stereocenters. The van der Waals surface area contributed by atoms with Crippen LogP contribution in [0.3, 0.4) is 0 Å². The van der Waals surface area contributed by atoms with Crippen molar-refractivity contribution in [3.8, 4) is 0 Å². The van der Waals surface area contributed by atoms with Gasteiger partial charge in [0.1, 0.15) is 0 Å². The summed E-state index contributed by atoms with van der Waals surface area (Å²) in [5.41, 5.74) is 0. The molecule has 0 aliphatic carbocycles. The molecule has 0 N–H and O–H groups in total. The number of amides is 1. The summed E-state index contributed by atoms with van der Waals surface area (Å²) < 4.78 is 0. The SMILES string of the molecule is CCC(=O)N1CC(N2CCCCC2)C1. The van der Waals surface area contributed by atoms with Crippen molar-refractivity contribution >= 4 is 5.91 Å². The van der Waals surface area contributed by atoms with Crippen LogP contribution >= 0.6 is 0 Å². The molecule has 3 heteroatoms. The van der Waals surface area contributed by atoms with Gasteiger partial charge in [0.05, 0.1) is 0 Å². The van der Waals surface area contributed by atoms with E-state index < -0.39 is 0 Å². The second-order valence-corrected chi connectivity index (χ2v) is 4.40. The average Bonchev–Trinajstić information content (AvgIpc) is 2.17. The molecule has 0 bridgehead atoms. The van der Waals surface area contributed by atoms with Crippen LogP contribution in [-0.4, -0.2) is 47.9 Å². The molecule has 3 nitrogen and oxygen atoms in total. The van der Waals surface area contributed by atoms with E-state index in [0.29, 0.717) is 18.4 Å². The van der Waals surface area contributed by atoms with Crippen molar-refractivity contribution in [2.24, 2.45) is 0 Å². The number of hydrogen-bond donors (Lipinski definition) is 0. The summed E-state index contributed by atoms with van der Waals surface area (Å²) in [4.78, 5) is 15.9. The van der Waals surface area contributed by atoms with Gasteiger partial charge in [-0.05, 0) is 25.9 Å². The Bertz CT molecular complexity index is 205. The maximum atomic E-state index is 11.3. The first-order valence-electron chi connectivity index (χ1n) is 5.83. The van der Waals surface area contributed by atoms with Crippen LogP contribution in [0.15, 0.2) is 0 Å². The van der Waals surface area contributed by atoms with Crippen LogP contribution in [0.25, 0.3) is 0 Å². The summed E-state index contributed by atoms with van der Waals surface area (Å²) in [6, 6.07) is 0.672. The van der Waals surface area contributed by atoms with E-state index in [1.54, 1.807) is 0 Å². The Hall–Kier alpha value is -0.570. The molecular formula is C11H20N2O. The highest BCUT2D eigenvalue weighted by molar-refractivity contribution is 5.76. The van der Waals surface area contributed by atoms with Crippen LogP contribution in [0.1, 0.15) is 32.6 Å². The van der Waals surface area contributed by atoms with Crippen LogP contribution in [0, 0.1) is 0 Å². The summed E-state index contributed by atoms with van der Waals surface area (Å²) in [5, 5.41) is 0. The second kappa shape index (κ2) is 4.30. The quantitative estimate of drug-likeness (QED) is 0.660. The van der Waals surface area contributed by atoms with Gasteiger partial charge in [-0.1, -0.05) is 13.3 Å². The number of carbonyl (C=O) groups is 1. The van der Waals surface area contributed by atoms with Gasteiger partial charge in [0.15, 0.2) is 0 Å². The summed E-state index contributed by atoms with van der Waals surface area (Å²) >= 11 is 0. The molecule has 0 aromatic heterocycles. The Kier molecular flexibility index (Phi) is 3.06. The Balaban J connectivity index is 1.73. The highest BCUT2D eigenvalue weighted by Gasteiger charge is 2.34. The maximum Gasteiger partial charge on any atom is 0.222 e. The molecule has 14 heavy (non-hydrogen) atoms. The van der Waals surface area contributed by atoms with Gasteiger partial charge >= 0.3 is 0 Å². The molecule has 2 heterocycles. The molecule has 2 fully saturated rings. The van der Waals surface area contributed by atoms with E-state index in [0.717, 1.165) is 13.1 Å². The lowest BCUT2D eigenvalue weighted by molar-refractivity contribution is -0.138. The molecule has 2 rings (SSSR count). The third kappa shape index (κ3) is 1.92. The van der Waals surface area contributed by atoms with Gasteiger partial charge in [-0.15, -0.1) is 0 Å². The molecule has 0 aromatic rings. The van der Waals surface area contributed by atoms with Gasteiger partial charge in [-0.3, -0.25) is 9.69 Å². The van der Waals surface area contributed by atoms with Gasteiger partial charge in [-0.2, -0.15) is 0 Å². The minimum absolute atomic E-state index is 0.318. The minimum Gasteiger partial charge on any atom is -0.339 e. The highest BCUT2D eigenvalue weighted by Crippen LogP contribution is 2.20. The number of nitrogens with zero attached hydrogens (tertiary/aromatic N) is 2. The zero-order valence-corrected chi connectivity index (χ0v) is 9.04. The molecule has 2 aliphatic heterocycles. The first-order valence-corrected chi connectivity index (χ1v) is 5.83. The van der Waals surface area contributed by atoms with Crippen molar-refractivity contribution in [3.05, 3.63) is 0 Å². The summed E-state index contributed by atoms with van der Waals surface area (Å²) in [6.45, 7) is 6.40. The molecule has 0 spiro atoms. The zero-order valence-electron chi connectivity index (χ0n) is 9.04. The Morgan fingerprint density at radius 3 is 2.43 bits per heavy atom. The van der Waals surface area contributed by atoms with E-state index >= 15 is 0 Å². The lowest BCUT2D eigenvalue weighted by atomic mass is 10.0. The van der Waals surface area contributed by atoms with Crippen molar-refractivity contribution in [1.82, 2.24) is 9.80 Å². The molecule has 2 aliphatic rings. The molecule has 0 radical (unpaired) electrons. The fourth-order valence-corrected chi connectivity index (χ4v) is 2.40. The van der Waals surface area contributed by atoms with E-state index in [2.05, 4.69) is 4.90 Å². The smallest absolute Gasteiger partial charge is 0.222 e. The Morgan fingerprint density at radius 1 is 1.21 bits per heavy atom. The summed E-state index contributed by atoms with van der Waals surface area (Å²) in [5.74, 6) is 0.318. The van der Waals surface area contributed by atoms with Crippen molar-refractivity contribution in [2.75, 3.05) is 26.2 Å². The molecular weight excluding hydrogens is 176 g/mol. The number of hydrogen-bond acceptors (Lipinski definition) is 2. The van der Waals surface area contributed by atoms with E-state index in [-0.39, 0.29) is 0 Å². The minimum atomic E-state index is 0.318. The molecule has 0 saturated carbocycles. The van der Waals surface area contributed by atoms with Gasteiger partial charge in [0, 0.05) is 25.6 Å². The fourth-order valence-electron chi connectivity index (χ4n) is 2.40. The Morgan fingerprint density at radius 2 is 1.86 bits per heavy atom. The zero-order chi connectivity index (χ0) is 9.97. The van der Waals surface area contributed by atoms with Crippen molar-refractivity contribution < 1.29 is 4.79 Å². The van der Waals surface area contributed by atoms with E-state index in [9.17, 15) is 4.79 Å². The predicted octanol–water partition coefficient (Wildman–Crippen LogP) is 1.09. The third-order valence-electron chi connectivity index (χ3n) is 3.42. The average molecular weight is 196 g/mol. The van der Waals surface area contributed by atoms with Gasteiger partial charge in [0.25, 0.3) is 0 Å². The maximum absolute atomic E-state index is 11.3. The van der Waals surface area contributed by atoms with Gasteiger partial charge in [-0.25, -0.2) is 0 Å². The highest BCUT2D eigenvalue weighted by atomic mass is 16.2. The normalized spacial score (nSPS) is 24.8. The van der Waals surface area contributed by atoms with Crippen LogP contribution in [0.2, 0.25) is 0 Å². The Labute approximate surface area is 86.1 Å².